The topological polar surface area (TPSA) is 49.8 Å². The highest BCUT2D eigenvalue weighted by Gasteiger charge is 2.51. The number of ether oxygens (including phenoxy) is 1. The van der Waals surface area contributed by atoms with E-state index in [0.29, 0.717) is 13.2 Å². The van der Waals surface area contributed by atoms with Crippen LogP contribution in [0.15, 0.2) is 0 Å². The van der Waals surface area contributed by atoms with E-state index >= 15 is 0 Å². The Kier molecular flexibility index (Phi) is 2.26. The fourth-order valence-electron chi connectivity index (χ4n) is 2.06. The van der Waals surface area contributed by atoms with Crippen molar-refractivity contribution in [1.29, 1.82) is 0 Å². The number of piperidine rings is 1. The highest BCUT2D eigenvalue weighted by molar-refractivity contribution is 5.80. The lowest BCUT2D eigenvalue weighted by Crippen LogP contribution is -2.67. The van der Waals surface area contributed by atoms with Crippen LogP contribution in [-0.4, -0.2) is 47.8 Å². The molecule has 0 amide bonds. The molecule has 0 radical (unpaired) electrons. The van der Waals surface area contributed by atoms with Crippen molar-refractivity contribution in [3.05, 3.63) is 0 Å². The van der Waals surface area contributed by atoms with E-state index < -0.39 is 11.5 Å². The second-order valence-corrected chi connectivity index (χ2v) is 3.88. The largest absolute Gasteiger partial charge is 0.480 e. The Bertz CT molecular complexity index is 207. The molecule has 0 atom stereocenters. The van der Waals surface area contributed by atoms with Crippen LogP contribution in [0.3, 0.4) is 0 Å². The minimum absolute atomic E-state index is 0.363. The summed E-state index contributed by atoms with van der Waals surface area (Å²) in [6.45, 7) is 2.55. The maximum atomic E-state index is 11.1. The van der Waals surface area contributed by atoms with Gasteiger partial charge < -0.3 is 9.84 Å². The number of hydrogen-bond donors (Lipinski definition) is 1. The number of carboxylic acids is 1. The average molecular weight is 185 g/mol. The first kappa shape index (κ1) is 8.97. The van der Waals surface area contributed by atoms with E-state index in [1.54, 1.807) is 0 Å². The lowest BCUT2D eigenvalue weighted by Gasteiger charge is -2.47. The van der Waals surface area contributed by atoms with E-state index in [2.05, 4.69) is 4.90 Å². The van der Waals surface area contributed by atoms with Crippen LogP contribution in [-0.2, 0) is 9.53 Å². The Morgan fingerprint density at radius 2 is 1.85 bits per heavy atom. The molecule has 2 rings (SSSR count). The normalized spacial score (nSPS) is 28.0. The number of carbonyl (C=O) groups is 1. The monoisotopic (exact) mass is 185 g/mol. The van der Waals surface area contributed by atoms with Gasteiger partial charge in [0.05, 0.1) is 13.2 Å². The van der Waals surface area contributed by atoms with Gasteiger partial charge in [-0.05, 0) is 25.9 Å². The number of carboxylic acid groups (broad SMARTS) is 1. The lowest BCUT2D eigenvalue weighted by atomic mass is 9.92. The van der Waals surface area contributed by atoms with Gasteiger partial charge in [-0.2, -0.15) is 0 Å². The van der Waals surface area contributed by atoms with Crippen molar-refractivity contribution in [3.8, 4) is 0 Å². The van der Waals surface area contributed by atoms with Crippen LogP contribution in [0.1, 0.15) is 19.3 Å². The number of rotatable bonds is 2. The second-order valence-electron chi connectivity index (χ2n) is 3.88. The molecule has 0 aliphatic carbocycles. The third-order valence-electron chi connectivity index (χ3n) is 3.04. The summed E-state index contributed by atoms with van der Waals surface area (Å²) >= 11 is 0. The van der Waals surface area contributed by atoms with Crippen LogP contribution >= 0.6 is 0 Å². The second kappa shape index (κ2) is 3.27. The molecule has 0 saturated carbocycles. The van der Waals surface area contributed by atoms with Crippen LogP contribution in [0.5, 0.6) is 0 Å². The molecule has 74 valence electrons. The molecule has 0 unspecified atom stereocenters. The zero-order valence-electron chi connectivity index (χ0n) is 7.66. The molecule has 4 heteroatoms. The first-order valence-corrected chi connectivity index (χ1v) is 4.82. The van der Waals surface area contributed by atoms with Crippen molar-refractivity contribution < 1.29 is 14.6 Å². The predicted octanol–water partition coefficient (Wildman–Crippen LogP) is 0.326. The van der Waals surface area contributed by atoms with Gasteiger partial charge >= 0.3 is 5.97 Å². The van der Waals surface area contributed by atoms with Gasteiger partial charge in [-0.15, -0.1) is 0 Å². The van der Waals surface area contributed by atoms with Gasteiger partial charge in [-0.25, -0.2) is 0 Å². The van der Waals surface area contributed by atoms with Gasteiger partial charge in [-0.1, -0.05) is 6.42 Å². The molecule has 13 heavy (non-hydrogen) atoms. The van der Waals surface area contributed by atoms with Gasteiger partial charge in [-0.3, -0.25) is 9.69 Å². The first-order chi connectivity index (χ1) is 6.26. The summed E-state index contributed by atoms with van der Waals surface area (Å²) in [4.78, 5) is 13.2. The molecule has 4 nitrogen and oxygen atoms in total. The van der Waals surface area contributed by atoms with Gasteiger partial charge in [0.15, 0.2) is 5.54 Å². The minimum atomic E-state index is -0.722. The molecule has 0 aromatic heterocycles. The summed E-state index contributed by atoms with van der Waals surface area (Å²) < 4.78 is 5.03. The quantitative estimate of drug-likeness (QED) is 0.673. The van der Waals surface area contributed by atoms with Crippen molar-refractivity contribution in [1.82, 2.24) is 4.90 Å². The zero-order valence-corrected chi connectivity index (χ0v) is 7.66. The molecule has 0 aromatic carbocycles. The summed E-state index contributed by atoms with van der Waals surface area (Å²) in [5, 5.41) is 9.11. The molecule has 2 fully saturated rings. The van der Waals surface area contributed by atoms with Crippen LogP contribution in [0.25, 0.3) is 0 Å². The Morgan fingerprint density at radius 3 is 2.23 bits per heavy atom. The summed E-state index contributed by atoms with van der Waals surface area (Å²) in [5.41, 5.74) is -0.680. The molecule has 0 spiro atoms. The van der Waals surface area contributed by atoms with Crippen LogP contribution in [0, 0.1) is 0 Å². The van der Waals surface area contributed by atoms with Crippen LogP contribution in [0.4, 0.5) is 0 Å². The SMILES string of the molecule is O=C(O)C1(N2CCCCC2)COC1. The standard InChI is InChI=1S/C9H15NO3/c11-8(12)9(6-13-7-9)10-4-2-1-3-5-10/h1-7H2,(H,11,12). The third-order valence-corrected chi connectivity index (χ3v) is 3.04. The van der Waals surface area contributed by atoms with Crippen LogP contribution in [0.2, 0.25) is 0 Å². The number of hydrogen-bond acceptors (Lipinski definition) is 3. The van der Waals surface area contributed by atoms with Gasteiger partial charge in [0.25, 0.3) is 0 Å². The molecule has 2 saturated heterocycles. The summed E-state index contributed by atoms with van der Waals surface area (Å²) in [6.07, 6.45) is 3.47. The van der Waals surface area contributed by atoms with Crippen molar-refractivity contribution >= 4 is 5.97 Å². The van der Waals surface area contributed by atoms with Crippen molar-refractivity contribution in [2.24, 2.45) is 0 Å². The highest BCUT2D eigenvalue weighted by atomic mass is 16.5. The third kappa shape index (κ3) is 1.34. The molecular formula is C9H15NO3. The van der Waals surface area contributed by atoms with E-state index in [1.165, 1.54) is 6.42 Å². The first-order valence-electron chi connectivity index (χ1n) is 4.82. The summed E-state index contributed by atoms with van der Waals surface area (Å²) in [6, 6.07) is 0. The van der Waals surface area contributed by atoms with Crippen molar-refractivity contribution in [3.63, 3.8) is 0 Å². The van der Waals surface area contributed by atoms with E-state index in [4.69, 9.17) is 9.84 Å². The molecule has 2 heterocycles. The molecule has 2 aliphatic rings. The molecular weight excluding hydrogens is 170 g/mol. The fourth-order valence-corrected chi connectivity index (χ4v) is 2.06. The van der Waals surface area contributed by atoms with Crippen LogP contribution < -0.4 is 0 Å². The Hall–Kier alpha value is -0.610. The van der Waals surface area contributed by atoms with E-state index in [0.717, 1.165) is 25.9 Å². The van der Waals surface area contributed by atoms with E-state index in [9.17, 15) is 4.79 Å². The van der Waals surface area contributed by atoms with Crippen molar-refractivity contribution in [2.75, 3.05) is 26.3 Å². The molecule has 1 N–H and O–H groups in total. The predicted molar refractivity (Wildman–Crippen MR) is 46.6 cm³/mol. The highest BCUT2D eigenvalue weighted by Crippen LogP contribution is 2.28. The zero-order chi connectivity index (χ0) is 9.31. The van der Waals surface area contributed by atoms with Gasteiger partial charge in [0.2, 0.25) is 0 Å². The number of aliphatic carboxylic acids is 1. The minimum Gasteiger partial charge on any atom is -0.480 e. The molecule has 0 aromatic rings. The number of nitrogens with zero attached hydrogens (tertiary/aromatic N) is 1. The van der Waals surface area contributed by atoms with Gasteiger partial charge in [0, 0.05) is 0 Å². The fraction of sp³-hybridized carbons (Fsp3) is 0.889. The van der Waals surface area contributed by atoms with Gasteiger partial charge in [0.1, 0.15) is 0 Å². The molecule has 0 bridgehead atoms. The van der Waals surface area contributed by atoms with Crippen molar-refractivity contribution in [2.45, 2.75) is 24.8 Å². The summed E-state index contributed by atoms with van der Waals surface area (Å²) in [5.74, 6) is -0.722. The molecule has 2 aliphatic heterocycles. The Balaban J connectivity index is 2.06. The average Bonchev–Trinajstić information content (AvgIpc) is 2.03. The lowest BCUT2D eigenvalue weighted by molar-refractivity contribution is -0.189. The maximum Gasteiger partial charge on any atom is 0.328 e. The maximum absolute atomic E-state index is 11.1. The smallest absolute Gasteiger partial charge is 0.328 e. The Labute approximate surface area is 77.5 Å². The van der Waals surface area contributed by atoms with E-state index in [1.807, 2.05) is 0 Å². The summed E-state index contributed by atoms with van der Waals surface area (Å²) in [7, 11) is 0. The number of likely N-dealkylation sites (tertiary alicyclic amines) is 1. The van der Waals surface area contributed by atoms with E-state index in [-0.39, 0.29) is 0 Å². The Morgan fingerprint density at radius 1 is 1.23 bits per heavy atom.